The van der Waals surface area contributed by atoms with Crippen molar-refractivity contribution < 1.29 is 14.6 Å². The van der Waals surface area contributed by atoms with Gasteiger partial charge in [-0.2, -0.15) is 0 Å². The smallest absolute Gasteiger partial charge is 0.309 e. The normalized spacial score (nSPS) is 35.3. The van der Waals surface area contributed by atoms with Crippen LogP contribution in [0.25, 0.3) is 0 Å². The van der Waals surface area contributed by atoms with Crippen LogP contribution in [0.15, 0.2) is 12.2 Å². The molecule has 1 N–H and O–H groups in total. The van der Waals surface area contributed by atoms with E-state index in [2.05, 4.69) is 12.2 Å². The minimum absolute atomic E-state index is 0.0570. The number of hydrogen-bond donors (Lipinski definition) is 1. The fourth-order valence-corrected chi connectivity index (χ4v) is 2.31. The molecule has 3 heteroatoms. The lowest BCUT2D eigenvalue weighted by atomic mass is 9.94. The molecular formula is C10H14O3. The molecule has 3 atom stereocenters. The monoisotopic (exact) mass is 182 g/mol. The summed E-state index contributed by atoms with van der Waals surface area (Å²) in [5.74, 6) is 0.917. The SMILES string of the molecule is O=C(OCCO)[C@H]1C[C@H]2C=C[C@@H]1C2. The van der Waals surface area contributed by atoms with Crippen molar-refractivity contribution in [2.75, 3.05) is 13.2 Å². The van der Waals surface area contributed by atoms with Gasteiger partial charge < -0.3 is 9.84 Å². The zero-order valence-electron chi connectivity index (χ0n) is 7.48. The second-order valence-corrected chi connectivity index (χ2v) is 3.78. The topological polar surface area (TPSA) is 46.5 Å². The Kier molecular flexibility index (Phi) is 2.36. The Morgan fingerprint density at radius 2 is 2.31 bits per heavy atom. The molecular weight excluding hydrogens is 168 g/mol. The van der Waals surface area contributed by atoms with Crippen LogP contribution < -0.4 is 0 Å². The zero-order chi connectivity index (χ0) is 9.26. The first-order valence-corrected chi connectivity index (χ1v) is 4.77. The van der Waals surface area contributed by atoms with Gasteiger partial charge in [0.2, 0.25) is 0 Å². The number of carbonyl (C=O) groups is 1. The number of carbonyl (C=O) groups excluding carboxylic acids is 1. The van der Waals surface area contributed by atoms with Crippen LogP contribution in [0.3, 0.4) is 0 Å². The van der Waals surface area contributed by atoms with Gasteiger partial charge >= 0.3 is 5.97 Å². The number of hydrogen-bond acceptors (Lipinski definition) is 3. The van der Waals surface area contributed by atoms with Crippen LogP contribution in [0, 0.1) is 17.8 Å². The molecule has 0 heterocycles. The summed E-state index contributed by atoms with van der Waals surface area (Å²) in [6.45, 7) is 0.0544. The molecule has 1 fully saturated rings. The third kappa shape index (κ3) is 1.61. The summed E-state index contributed by atoms with van der Waals surface area (Å²) >= 11 is 0. The Bertz CT molecular complexity index is 234. The van der Waals surface area contributed by atoms with Crippen molar-refractivity contribution in [1.29, 1.82) is 0 Å². The molecule has 0 aromatic heterocycles. The Balaban J connectivity index is 1.88. The average Bonchev–Trinajstić information content (AvgIpc) is 2.74. The van der Waals surface area contributed by atoms with Crippen molar-refractivity contribution in [1.82, 2.24) is 0 Å². The first kappa shape index (κ1) is 8.75. The van der Waals surface area contributed by atoms with E-state index in [0.29, 0.717) is 11.8 Å². The maximum Gasteiger partial charge on any atom is 0.309 e. The molecule has 2 aliphatic rings. The summed E-state index contributed by atoms with van der Waals surface area (Å²) in [5, 5.41) is 8.50. The second-order valence-electron chi connectivity index (χ2n) is 3.78. The Morgan fingerprint density at radius 1 is 1.46 bits per heavy atom. The number of aliphatic hydroxyl groups is 1. The Morgan fingerprint density at radius 3 is 2.85 bits per heavy atom. The zero-order valence-corrected chi connectivity index (χ0v) is 7.48. The van der Waals surface area contributed by atoms with Crippen LogP contribution in [-0.2, 0) is 9.53 Å². The molecule has 0 spiro atoms. The predicted molar refractivity (Wildman–Crippen MR) is 46.9 cm³/mol. The highest BCUT2D eigenvalue weighted by Gasteiger charge is 2.40. The van der Waals surface area contributed by atoms with Gasteiger partial charge in [0.05, 0.1) is 12.5 Å². The second kappa shape index (κ2) is 3.50. The van der Waals surface area contributed by atoms with Gasteiger partial charge in [-0.25, -0.2) is 0 Å². The minimum Gasteiger partial charge on any atom is -0.463 e. The van der Waals surface area contributed by atoms with Crippen molar-refractivity contribution in [3.8, 4) is 0 Å². The predicted octanol–water partition coefficient (Wildman–Crippen LogP) is 0.734. The molecule has 2 bridgehead atoms. The molecule has 1 saturated carbocycles. The number of ether oxygens (including phenoxy) is 1. The average molecular weight is 182 g/mol. The van der Waals surface area contributed by atoms with Crippen molar-refractivity contribution in [2.24, 2.45) is 17.8 Å². The summed E-state index contributed by atoms with van der Waals surface area (Å²) in [5.41, 5.74) is 0. The number of allylic oxidation sites excluding steroid dienone is 2. The molecule has 2 aliphatic carbocycles. The van der Waals surface area contributed by atoms with Crippen molar-refractivity contribution >= 4 is 5.97 Å². The van der Waals surface area contributed by atoms with Crippen LogP contribution in [0.2, 0.25) is 0 Å². The van der Waals surface area contributed by atoms with Crippen LogP contribution >= 0.6 is 0 Å². The molecule has 0 amide bonds. The summed E-state index contributed by atoms with van der Waals surface area (Å²) in [7, 11) is 0. The van der Waals surface area contributed by atoms with E-state index in [1.807, 2.05) is 0 Å². The first-order valence-electron chi connectivity index (χ1n) is 4.77. The highest BCUT2D eigenvalue weighted by Crippen LogP contribution is 2.43. The highest BCUT2D eigenvalue weighted by molar-refractivity contribution is 5.74. The highest BCUT2D eigenvalue weighted by atomic mass is 16.5. The maximum atomic E-state index is 11.4. The van der Waals surface area contributed by atoms with E-state index in [-0.39, 0.29) is 25.1 Å². The summed E-state index contributed by atoms with van der Waals surface area (Å²) in [6, 6.07) is 0. The van der Waals surface area contributed by atoms with Gasteiger partial charge in [0.15, 0.2) is 0 Å². The van der Waals surface area contributed by atoms with Gasteiger partial charge in [0.1, 0.15) is 6.61 Å². The fraction of sp³-hybridized carbons (Fsp3) is 0.700. The third-order valence-corrected chi connectivity index (χ3v) is 2.92. The van der Waals surface area contributed by atoms with Crippen molar-refractivity contribution in [3.63, 3.8) is 0 Å². The van der Waals surface area contributed by atoms with E-state index >= 15 is 0 Å². The quantitative estimate of drug-likeness (QED) is 0.517. The van der Waals surface area contributed by atoms with Crippen LogP contribution in [0.1, 0.15) is 12.8 Å². The lowest BCUT2D eigenvalue weighted by molar-refractivity contribution is -0.150. The number of aliphatic hydroxyl groups excluding tert-OH is 1. The number of rotatable bonds is 3. The van der Waals surface area contributed by atoms with E-state index in [1.165, 1.54) is 0 Å². The van der Waals surface area contributed by atoms with E-state index in [1.54, 1.807) is 0 Å². The maximum absolute atomic E-state index is 11.4. The lowest BCUT2D eigenvalue weighted by Crippen LogP contribution is -2.22. The van der Waals surface area contributed by atoms with Crippen LogP contribution in [-0.4, -0.2) is 24.3 Å². The first-order chi connectivity index (χ1) is 6.31. The minimum atomic E-state index is -0.133. The molecule has 13 heavy (non-hydrogen) atoms. The van der Waals surface area contributed by atoms with Gasteiger partial charge in [-0.05, 0) is 24.7 Å². The van der Waals surface area contributed by atoms with Gasteiger partial charge in [-0.3, -0.25) is 4.79 Å². The fourth-order valence-electron chi connectivity index (χ4n) is 2.31. The molecule has 0 aromatic carbocycles. The summed E-state index contributed by atoms with van der Waals surface area (Å²) < 4.78 is 4.90. The van der Waals surface area contributed by atoms with Crippen LogP contribution in [0.4, 0.5) is 0 Å². The molecule has 2 rings (SSSR count). The molecule has 72 valence electrons. The van der Waals surface area contributed by atoms with E-state index in [9.17, 15) is 4.79 Å². The molecule has 0 aliphatic heterocycles. The molecule has 0 radical (unpaired) electrons. The van der Waals surface area contributed by atoms with Crippen molar-refractivity contribution in [3.05, 3.63) is 12.2 Å². The van der Waals surface area contributed by atoms with E-state index in [4.69, 9.17) is 9.84 Å². The number of fused-ring (bicyclic) bond motifs is 2. The van der Waals surface area contributed by atoms with Gasteiger partial charge in [0.25, 0.3) is 0 Å². The van der Waals surface area contributed by atoms with Gasteiger partial charge in [0, 0.05) is 0 Å². The Labute approximate surface area is 77.4 Å². The van der Waals surface area contributed by atoms with E-state index in [0.717, 1.165) is 12.8 Å². The molecule has 0 aromatic rings. The standard InChI is InChI=1S/C10H14O3/c11-3-4-13-10(12)9-6-7-1-2-8(9)5-7/h1-2,7-9,11H,3-6H2/t7-,8+,9-/m0/s1. The molecule has 3 nitrogen and oxygen atoms in total. The molecule has 0 unspecified atom stereocenters. The summed E-state index contributed by atoms with van der Waals surface area (Å²) in [6.07, 6.45) is 6.36. The summed E-state index contributed by atoms with van der Waals surface area (Å²) in [4.78, 5) is 11.4. The van der Waals surface area contributed by atoms with Gasteiger partial charge in [-0.15, -0.1) is 0 Å². The van der Waals surface area contributed by atoms with Crippen molar-refractivity contribution in [2.45, 2.75) is 12.8 Å². The van der Waals surface area contributed by atoms with Crippen LogP contribution in [0.5, 0.6) is 0 Å². The largest absolute Gasteiger partial charge is 0.463 e. The van der Waals surface area contributed by atoms with Gasteiger partial charge in [-0.1, -0.05) is 12.2 Å². The third-order valence-electron chi connectivity index (χ3n) is 2.92. The number of esters is 1. The Hall–Kier alpha value is -0.830. The lowest BCUT2D eigenvalue weighted by Gasteiger charge is -2.15. The van der Waals surface area contributed by atoms with E-state index < -0.39 is 0 Å². The molecule has 0 saturated heterocycles.